The lowest BCUT2D eigenvalue weighted by molar-refractivity contribution is 0.465. The van der Waals surface area contributed by atoms with E-state index in [1.807, 2.05) is 19.4 Å². The summed E-state index contributed by atoms with van der Waals surface area (Å²) in [4.78, 5) is 0. The minimum Gasteiger partial charge on any atom is -0.316 e. The van der Waals surface area contributed by atoms with Gasteiger partial charge in [0.05, 0.1) is 5.25 Å². The average Bonchev–Trinajstić information content (AvgIpc) is 2.82. The van der Waals surface area contributed by atoms with Crippen LogP contribution in [0.1, 0.15) is 33.1 Å². The van der Waals surface area contributed by atoms with Gasteiger partial charge in [0.25, 0.3) is 0 Å². The fraction of sp³-hybridized carbons (Fsp3) is 0.667. The van der Waals surface area contributed by atoms with E-state index in [1.165, 1.54) is 11.3 Å². The van der Waals surface area contributed by atoms with Gasteiger partial charge in [-0.05, 0) is 31.3 Å². The van der Waals surface area contributed by atoms with Gasteiger partial charge in [-0.25, -0.2) is 8.42 Å². The van der Waals surface area contributed by atoms with Crippen LogP contribution in [-0.2, 0) is 9.84 Å². The second-order valence-corrected chi connectivity index (χ2v) is 7.45. The fourth-order valence-corrected chi connectivity index (χ4v) is 5.35. The Morgan fingerprint density at radius 1 is 1.41 bits per heavy atom. The first-order chi connectivity index (χ1) is 8.07. The first-order valence-electron chi connectivity index (χ1n) is 6.02. The van der Waals surface area contributed by atoms with Gasteiger partial charge < -0.3 is 5.32 Å². The van der Waals surface area contributed by atoms with Crippen LogP contribution in [0.2, 0.25) is 0 Å². The lowest BCUT2D eigenvalue weighted by Crippen LogP contribution is -2.42. The van der Waals surface area contributed by atoms with Gasteiger partial charge in [-0.15, -0.1) is 11.3 Å². The standard InChI is InChI=1S/C12H21NO2S2/c1-4-7-10(13-3)11(5-2)17(14,15)12-8-6-9-16-12/h6,8-11,13H,4-5,7H2,1-3H3. The van der Waals surface area contributed by atoms with E-state index in [0.717, 1.165) is 12.8 Å². The Labute approximate surface area is 108 Å². The van der Waals surface area contributed by atoms with Crippen LogP contribution >= 0.6 is 11.3 Å². The minimum absolute atomic E-state index is 0.0390. The molecule has 3 nitrogen and oxygen atoms in total. The molecule has 2 atom stereocenters. The van der Waals surface area contributed by atoms with Crippen molar-refractivity contribution in [3.8, 4) is 0 Å². The van der Waals surface area contributed by atoms with Gasteiger partial charge in [-0.3, -0.25) is 0 Å². The van der Waals surface area contributed by atoms with E-state index in [0.29, 0.717) is 10.6 Å². The first kappa shape index (κ1) is 14.7. The second-order valence-electron chi connectivity index (χ2n) is 4.11. The van der Waals surface area contributed by atoms with Crippen molar-refractivity contribution in [2.75, 3.05) is 7.05 Å². The van der Waals surface area contributed by atoms with Crippen LogP contribution in [0, 0.1) is 0 Å². The molecule has 5 heteroatoms. The third-order valence-electron chi connectivity index (χ3n) is 3.00. The van der Waals surface area contributed by atoms with E-state index in [2.05, 4.69) is 12.2 Å². The molecule has 0 aliphatic heterocycles. The van der Waals surface area contributed by atoms with Gasteiger partial charge in [-0.2, -0.15) is 0 Å². The molecule has 1 aromatic rings. The van der Waals surface area contributed by atoms with E-state index < -0.39 is 9.84 Å². The molecular weight excluding hydrogens is 254 g/mol. The van der Waals surface area contributed by atoms with Gasteiger partial charge in [-0.1, -0.05) is 26.3 Å². The van der Waals surface area contributed by atoms with Crippen molar-refractivity contribution < 1.29 is 8.42 Å². The van der Waals surface area contributed by atoms with Crippen molar-refractivity contribution in [1.82, 2.24) is 5.32 Å². The predicted octanol–water partition coefficient (Wildman–Crippen LogP) is 2.69. The van der Waals surface area contributed by atoms with Crippen LogP contribution in [0.25, 0.3) is 0 Å². The number of hydrogen-bond acceptors (Lipinski definition) is 4. The molecule has 1 aromatic heterocycles. The predicted molar refractivity (Wildman–Crippen MR) is 73.3 cm³/mol. The van der Waals surface area contributed by atoms with Crippen LogP contribution in [0.5, 0.6) is 0 Å². The largest absolute Gasteiger partial charge is 0.316 e. The van der Waals surface area contributed by atoms with Crippen molar-refractivity contribution in [2.45, 2.75) is 48.6 Å². The molecule has 1 heterocycles. The maximum atomic E-state index is 12.5. The molecule has 98 valence electrons. The summed E-state index contributed by atoms with van der Waals surface area (Å²) in [6.45, 7) is 4.02. The smallest absolute Gasteiger partial charge is 0.192 e. The highest BCUT2D eigenvalue weighted by Crippen LogP contribution is 2.26. The van der Waals surface area contributed by atoms with E-state index in [-0.39, 0.29) is 11.3 Å². The number of nitrogens with one attached hydrogen (secondary N) is 1. The van der Waals surface area contributed by atoms with Gasteiger partial charge in [0, 0.05) is 6.04 Å². The average molecular weight is 275 g/mol. The van der Waals surface area contributed by atoms with Crippen LogP contribution in [0.4, 0.5) is 0 Å². The Morgan fingerprint density at radius 2 is 2.12 bits per heavy atom. The van der Waals surface area contributed by atoms with E-state index in [9.17, 15) is 8.42 Å². The molecule has 1 N–H and O–H groups in total. The highest BCUT2D eigenvalue weighted by molar-refractivity contribution is 7.94. The third-order valence-corrected chi connectivity index (χ3v) is 6.80. The normalized spacial score (nSPS) is 15.7. The molecule has 0 aromatic carbocycles. The first-order valence-corrected chi connectivity index (χ1v) is 8.45. The van der Waals surface area contributed by atoms with Crippen LogP contribution < -0.4 is 5.32 Å². The van der Waals surface area contributed by atoms with E-state index in [1.54, 1.807) is 12.1 Å². The van der Waals surface area contributed by atoms with Gasteiger partial charge >= 0.3 is 0 Å². The van der Waals surface area contributed by atoms with Gasteiger partial charge in [0.15, 0.2) is 9.84 Å². The Morgan fingerprint density at radius 3 is 2.53 bits per heavy atom. The lowest BCUT2D eigenvalue weighted by Gasteiger charge is -2.25. The summed E-state index contributed by atoms with van der Waals surface area (Å²) in [7, 11) is -1.35. The molecule has 0 saturated carbocycles. The zero-order valence-corrected chi connectivity index (χ0v) is 12.3. The highest BCUT2D eigenvalue weighted by Gasteiger charge is 2.32. The molecule has 0 amide bonds. The molecular formula is C12H21NO2S2. The van der Waals surface area contributed by atoms with Crippen molar-refractivity contribution >= 4 is 21.2 Å². The second kappa shape index (κ2) is 6.52. The summed E-state index contributed by atoms with van der Waals surface area (Å²) in [5.74, 6) is 0. The number of rotatable bonds is 7. The van der Waals surface area contributed by atoms with Crippen LogP contribution in [-0.4, -0.2) is 26.8 Å². The zero-order valence-electron chi connectivity index (χ0n) is 10.6. The molecule has 0 aliphatic carbocycles. The van der Waals surface area contributed by atoms with Crippen LogP contribution in [0.3, 0.4) is 0 Å². The van der Waals surface area contributed by atoms with Crippen molar-refractivity contribution in [3.63, 3.8) is 0 Å². The molecule has 0 saturated heterocycles. The summed E-state index contributed by atoms with van der Waals surface area (Å²) >= 11 is 1.30. The SMILES string of the molecule is CCCC(NC)C(CC)S(=O)(=O)c1cccs1. The van der Waals surface area contributed by atoms with Crippen molar-refractivity contribution in [1.29, 1.82) is 0 Å². The van der Waals surface area contributed by atoms with E-state index in [4.69, 9.17) is 0 Å². The number of sulfone groups is 1. The Bertz CT molecular complexity index is 412. The maximum absolute atomic E-state index is 12.5. The van der Waals surface area contributed by atoms with Crippen LogP contribution in [0.15, 0.2) is 21.7 Å². The molecule has 2 unspecified atom stereocenters. The molecule has 17 heavy (non-hydrogen) atoms. The highest BCUT2D eigenvalue weighted by atomic mass is 32.2. The molecule has 1 rings (SSSR count). The van der Waals surface area contributed by atoms with Crippen molar-refractivity contribution in [2.24, 2.45) is 0 Å². The summed E-state index contributed by atoms with van der Waals surface area (Å²) in [5, 5.41) is 4.63. The van der Waals surface area contributed by atoms with E-state index >= 15 is 0 Å². The minimum atomic E-state index is -3.19. The maximum Gasteiger partial charge on any atom is 0.192 e. The van der Waals surface area contributed by atoms with Crippen molar-refractivity contribution in [3.05, 3.63) is 17.5 Å². The summed E-state index contributed by atoms with van der Waals surface area (Å²) in [5.41, 5.74) is 0. The summed E-state index contributed by atoms with van der Waals surface area (Å²) < 4.78 is 25.4. The summed E-state index contributed by atoms with van der Waals surface area (Å²) in [6, 6.07) is 3.52. The Kier molecular flexibility index (Phi) is 5.62. The molecule has 0 radical (unpaired) electrons. The lowest BCUT2D eigenvalue weighted by atomic mass is 10.1. The molecule has 0 aliphatic rings. The Hall–Kier alpha value is -0.390. The Balaban J connectivity index is 3.01. The number of hydrogen-bond donors (Lipinski definition) is 1. The fourth-order valence-electron chi connectivity index (χ4n) is 2.12. The quantitative estimate of drug-likeness (QED) is 0.832. The summed E-state index contributed by atoms with van der Waals surface area (Å²) in [6.07, 6.45) is 2.52. The third kappa shape index (κ3) is 3.30. The number of thiophene rings is 1. The monoisotopic (exact) mass is 275 g/mol. The molecule has 0 bridgehead atoms. The van der Waals surface area contributed by atoms with Gasteiger partial charge in [0.2, 0.25) is 0 Å². The topological polar surface area (TPSA) is 46.2 Å². The van der Waals surface area contributed by atoms with Gasteiger partial charge in [0.1, 0.15) is 4.21 Å². The zero-order chi connectivity index (χ0) is 12.9. The molecule has 0 fully saturated rings. The molecule has 0 spiro atoms.